The molecular formula is C4H4O3. The molecule has 0 spiro atoms. The molecule has 3 nitrogen and oxygen atoms in total. The normalized spacial score (nSPS) is 16.6. The first-order chi connectivity index (χ1) is 3.29. The van der Waals surface area contributed by atoms with Crippen molar-refractivity contribution in [1.82, 2.24) is 0 Å². The largest absolute Gasteiger partial charge is 0.506 e. The van der Waals surface area contributed by atoms with Crippen LogP contribution >= 0.6 is 0 Å². The van der Waals surface area contributed by atoms with E-state index >= 15 is 0 Å². The highest BCUT2D eigenvalue weighted by molar-refractivity contribution is 5.58. The Balaban J connectivity index is 2.10. The summed E-state index contributed by atoms with van der Waals surface area (Å²) in [6.07, 6.45) is 1.88. The van der Waals surface area contributed by atoms with E-state index < -0.39 is 6.16 Å². The molecular weight excluding hydrogens is 96.0 g/mol. The van der Waals surface area contributed by atoms with Crippen LogP contribution in [0.4, 0.5) is 4.79 Å². The fourth-order valence-corrected chi connectivity index (χ4v) is 0.240. The van der Waals surface area contributed by atoms with Gasteiger partial charge >= 0.3 is 6.16 Å². The molecule has 7 heavy (non-hydrogen) atoms. The Hall–Kier alpha value is -0.990. The Bertz CT molecular complexity index is 110. The van der Waals surface area contributed by atoms with E-state index in [-0.39, 0.29) is 6.10 Å². The topological polar surface area (TPSA) is 46.5 Å². The SMILES string of the molecule is O=C(O)OC1C=C1. The predicted octanol–water partition coefficient (Wildman–Crippen LogP) is 0.619. The van der Waals surface area contributed by atoms with E-state index in [2.05, 4.69) is 4.74 Å². The number of carbonyl (C=O) groups is 1. The summed E-state index contributed by atoms with van der Waals surface area (Å²) in [5.74, 6) is 0. The number of hydrogen-bond donors (Lipinski definition) is 1. The van der Waals surface area contributed by atoms with Crippen LogP contribution in [0.5, 0.6) is 0 Å². The van der Waals surface area contributed by atoms with Gasteiger partial charge in [-0.3, -0.25) is 0 Å². The van der Waals surface area contributed by atoms with E-state index in [0.717, 1.165) is 0 Å². The molecule has 0 bridgehead atoms. The van der Waals surface area contributed by atoms with E-state index in [1.807, 2.05) is 0 Å². The molecule has 0 heterocycles. The molecule has 0 aromatic rings. The van der Waals surface area contributed by atoms with Crippen LogP contribution in [0.3, 0.4) is 0 Å². The summed E-state index contributed by atoms with van der Waals surface area (Å²) in [4.78, 5) is 9.59. The van der Waals surface area contributed by atoms with Crippen molar-refractivity contribution in [3.63, 3.8) is 0 Å². The fourth-order valence-electron chi connectivity index (χ4n) is 0.240. The van der Waals surface area contributed by atoms with Crippen molar-refractivity contribution < 1.29 is 14.6 Å². The standard InChI is InChI=1S/C4H4O3/c5-4(6)7-3-1-2-3/h1-3H,(H,5,6). The summed E-state index contributed by atoms with van der Waals surface area (Å²) < 4.78 is 4.17. The summed E-state index contributed by atoms with van der Waals surface area (Å²) >= 11 is 0. The molecule has 0 aromatic heterocycles. The maximum absolute atomic E-state index is 9.59. The molecule has 0 saturated heterocycles. The lowest BCUT2D eigenvalue weighted by Crippen LogP contribution is -2.01. The highest BCUT2D eigenvalue weighted by Crippen LogP contribution is 2.09. The molecule has 0 unspecified atom stereocenters. The number of hydrogen-bond acceptors (Lipinski definition) is 2. The average molecular weight is 100 g/mol. The molecule has 38 valence electrons. The van der Waals surface area contributed by atoms with Crippen LogP contribution in [0.25, 0.3) is 0 Å². The maximum Gasteiger partial charge on any atom is 0.506 e. The first-order valence-electron chi connectivity index (χ1n) is 1.87. The minimum Gasteiger partial charge on any atom is -0.450 e. The lowest BCUT2D eigenvalue weighted by atomic mass is 10.8. The van der Waals surface area contributed by atoms with Gasteiger partial charge in [0.05, 0.1) is 0 Å². The van der Waals surface area contributed by atoms with Gasteiger partial charge in [0.25, 0.3) is 0 Å². The highest BCUT2D eigenvalue weighted by Gasteiger charge is 2.14. The minimum atomic E-state index is -1.21. The quantitative estimate of drug-likeness (QED) is 0.388. The second-order valence-electron chi connectivity index (χ2n) is 1.23. The Kier molecular flexibility index (Phi) is 0.749. The second-order valence-corrected chi connectivity index (χ2v) is 1.23. The lowest BCUT2D eigenvalue weighted by Gasteiger charge is -1.91. The third-order valence-corrected chi connectivity index (χ3v) is 0.586. The molecule has 1 aliphatic carbocycles. The Morgan fingerprint density at radius 3 is 2.43 bits per heavy atom. The van der Waals surface area contributed by atoms with Gasteiger partial charge in [-0.05, 0) is 12.2 Å². The van der Waals surface area contributed by atoms with Crippen LogP contribution in [0, 0.1) is 0 Å². The highest BCUT2D eigenvalue weighted by atomic mass is 16.7. The summed E-state index contributed by atoms with van der Waals surface area (Å²) in [6.45, 7) is 0. The fraction of sp³-hybridized carbons (Fsp3) is 0.250. The maximum atomic E-state index is 9.59. The van der Waals surface area contributed by atoms with Crippen molar-refractivity contribution in [2.75, 3.05) is 0 Å². The first-order valence-corrected chi connectivity index (χ1v) is 1.87. The van der Waals surface area contributed by atoms with Crippen LogP contribution in [0.15, 0.2) is 12.2 Å². The van der Waals surface area contributed by atoms with Gasteiger partial charge in [-0.15, -0.1) is 0 Å². The van der Waals surface area contributed by atoms with Crippen LogP contribution in [-0.4, -0.2) is 17.4 Å². The van der Waals surface area contributed by atoms with Crippen LogP contribution in [-0.2, 0) is 4.74 Å². The summed E-state index contributed by atoms with van der Waals surface area (Å²) in [5, 5.41) is 7.86. The molecule has 1 rings (SSSR count). The van der Waals surface area contributed by atoms with Crippen molar-refractivity contribution in [2.45, 2.75) is 6.10 Å². The van der Waals surface area contributed by atoms with Crippen molar-refractivity contribution in [3.05, 3.63) is 12.2 Å². The zero-order valence-corrected chi connectivity index (χ0v) is 3.50. The summed E-state index contributed by atoms with van der Waals surface area (Å²) in [6, 6.07) is 0. The molecule has 0 amide bonds. The van der Waals surface area contributed by atoms with E-state index in [4.69, 9.17) is 5.11 Å². The Morgan fingerprint density at radius 1 is 1.71 bits per heavy atom. The first kappa shape index (κ1) is 4.18. The lowest BCUT2D eigenvalue weighted by molar-refractivity contribution is 0.0915. The smallest absolute Gasteiger partial charge is 0.450 e. The van der Waals surface area contributed by atoms with E-state index in [9.17, 15) is 4.79 Å². The van der Waals surface area contributed by atoms with Gasteiger partial charge < -0.3 is 9.84 Å². The van der Waals surface area contributed by atoms with Crippen molar-refractivity contribution in [2.24, 2.45) is 0 Å². The van der Waals surface area contributed by atoms with Crippen molar-refractivity contribution in [3.8, 4) is 0 Å². The van der Waals surface area contributed by atoms with Crippen LogP contribution in [0.2, 0.25) is 0 Å². The molecule has 1 N–H and O–H groups in total. The molecule has 3 heteroatoms. The van der Waals surface area contributed by atoms with Gasteiger partial charge in [-0.25, -0.2) is 4.79 Å². The van der Waals surface area contributed by atoms with E-state index in [1.54, 1.807) is 12.2 Å². The number of carboxylic acid groups (broad SMARTS) is 1. The third kappa shape index (κ3) is 1.26. The second kappa shape index (κ2) is 1.26. The van der Waals surface area contributed by atoms with Gasteiger partial charge in [-0.2, -0.15) is 0 Å². The van der Waals surface area contributed by atoms with Gasteiger partial charge in [-0.1, -0.05) is 0 Å². The van der Waals surface area contributed by atoms with Gasteiger partial charge in [0.1, 0.15) is 6.10 Å². The predicted molar refractivity (Wildman–Crippen MR) is 22.0 cm³/mol. The van der Waals surface area contributed by atoms with Gasteiger partial charge in [0.15, 0.2) is 0 Å². The number of ether oxygens (including phenoxy) is 1. The monoisotopic (exact) mass is 100 g/mol. The third-order valence-electron chi connectivity index (χ3n) is 0.586. The van der Waals surface area contributed by atoms with Gasteiger partial charge in [0.2, 0.25) is 0 Å². The molecule has 0 saturated carbocycles. The van der Waals surface area contributed by atoms with Crippen molar-refractivity contribution in [1.29, 1.82) is 0 Å². The summed E-state index contributed by atoms with van der Waals surface area (Å²) in [7, 11) is 0. The molecule has 0 radical (unpaired) electrons. The van der Waals surface area contributed by atoms with Gasteiger partial charge in [0, 0.05) is 0 Å². The molecule has 0 atom stereocenters. The van der Waals surface area contributed by atoms with Crippen LogP contribution < -0.4 is 0 Å². The molecule has 0 aromatic carbocycles. The zero-order chi connectivity index (χ0) is 5.28. The molecule has 0 aliphatic heterocycles. The van der Waals surface area contributed by atoms with Crippen molar-refractivity contribution >= 4 is 6.16 Å². The van der Waals surface area contributed by atoms with E-state index in [1.165, 1.54) is 0 Å². The average Bonchev–Trinajstić information content (AvgIpc) is 2.17. The van der Waals surface area contributed by atoms with E-state index in [0.29, 0.717) is 0 Å². The molecule has 0 fully saturated rings. The zero-order valence-electron chi connectivity index (χ0n) is 3.50. The van der Waals surface area contributed by atoms with Crippen LogP contribution in [0.1, 0.15) is 0 Å². The Labute approximate surface area is 40.2 Å². The molecule has 1 aliphatic rings. The Morgan fingerprint density at radius 2 is 2.29 bits per heavy atom. The summed E-state index contributed by atoms with van der Waals surface area (Å²) in [5.41, 5.74) is 0. The minimum absolute atomic E-state index is 0.225. The number of rotatable bonds is 1.